The standard InChI is InChI=1S/C14H20N2O2/c1-2-18-14(17)15-12-7-6-10-16(11-12)13-8-4-3-5-9-13/h3-5,8-9,12H,2,6-7,10-11H2,1H3,(H,15,17). The van der Waals surface area contributed by atoms with Crippen molar-refractivity contribution in [2.24, 2.45) is 0 Å². The van der Waals surface area contributed by atoms with Crippen LogP contribution in [-0.4, -0.2) is 31.8 Å². The predicted octanol–water partition coefficient (Wildman–Crippen LogP) is 2.40. The van der Waals surface area contributed by atoms with Gasteiger partial charge in [-0.1, -0.05) is 18.2 Å². The molecule has 1 saturated heterocycles. The molecular weight excluding hydrogens is 228 g/mol. The molecule has 1 aromatic rings. The number of carbonyl (C=O) groups excluding carboxylic acids is 1. The van der Waals surface area contributed by atoms with Crippen molar-refractivity contribution in [1.29, 1.82) is 0 Å². The molecule has 1 aliphatic rings. The molecule has 1 N–H and O–H groups in total. The number of alkyl carbamates (subject to hydrolysis) is 1. The summed E-state index contributed by atoms with van der Waals surface area (Å²) in [6.45, 7) is 4.13. The van der Waals surface area contributed by atoms with Crippen LogP contribution in [-0.2, 0) is 4.74 Å². The van der Waals surface area contributed by atoms with Gasteiger partial charge in [0, 0.05) is 24.8 Å². The molecule has 1 aliphatic heterocycles. The lowest BCUT2D eigenvalue weighted by atomic mass is 10.1. The summed E-state index contributed by atoms with van der Waals surface area (Å²) in [7, 11) is 0. The Labute approximate surface area is 108 Å². The molecule has 0 aliphatic carbocycles. The lowest BCUT2D eigenvalue weighted by molar-refractivity contribution is 0.146. The summed E-state index contributed by atoms with van der Waals surface area (Å²) in [4.78, 5) is 13.7. The molecule has 1 fully saturated rings. The average Bonchev–Trinajstić information content (AvgIpc) is 2.40. The van der Waals surface area contributed by atoms with Gasteiger partial charge in [0.15, 0.2) is 0 Å². The molecule has 2 rings (SSSR count). The van der Waals surface area contributed by atoms with Crippen molar-refractivity contribution in [3.8, 4) is 0 Å². The van der Waals surface area contributed by atoms with E-state index < -0.39 is 0 Å². The maximum atomic E-state index is 11.4. The van der Waals surface area contributed by atoms with Gasteiger partial charge in [-0.15, -0.1) is 0 Å². The Kier molecular flexibility index (Phi) is 4.45. The number of benzene rings is 1. The van der Waals surface area contributed by atoms with E-state index in [-0.39, 0.29) is 12.1 Å². The largest absolute Gasteiger partial charge is 0.450 e. The third kappa shape index (κ3) is 3.39. The van der Waals surface area contributed by atoms with E-state index >= 15 is 0 Å². The second-order valence-electron chi connectivity index (χ2n) is 4.49. The third-order valence-electron chi connectivity index (χ3n) is 3.14. The van der Waals surface area contributed by atoms with Crippen molar-refractivity contribution in [3.05, 3.63) is 30.3 Å². The van der Waals surface area contributed by atoms with Gasteiger partial charge in [-0.25, -0.2) is 4.79 Å². The van der Waals surface area contributed by atoms with Crippen molar-refractivity contribution in [1.82, 2.24) is 5.32 Å². The van der Waals surface area contributed by atoms with Crippen molar-refractivity contribution in [2.45, 2.75) is 25.8 Å². The highest BCUT2D eigenvalue weighted by Gasteiger charge is 2.21. The molecule has 98 valence electrons. The quantitative estimate of drug-likeness (QED) is 0.893. The number of para-hydroxylation sites is 1. The first-order valence-electron chi connectivity index (χ1n) is 6.53. The average molecular weight is 248 g/mol. The van der Waals surface area contributed by atoms with E-state index in [1.54, 1.807) is 0 Å². The summed E-state index contributed by atoms with van der Waals surface area (Å²) in [5.74, 6) is 0. The molecule has 0 saturated carbocycles. The highest BCUT2D eigenvalue weighted by molar-refractivity contribution is 5.67. The second-order valence-corrected chi connectivity index (χ2v) is 4.49. The number of hydrogen-bond acceptors (Lipinski definition) is 3. The molecule has 0 bridgehead atoms. The SMILES string of the molecule is CCOC(=O)NC1CCCN(c2ccccc2)C1. The Hall–Kier alpha value is -1.71. The van der Waals surface area contributed by atoms with E-state index in [0.717, 1.165) is 25.9 Å². The predicted molar refractivity (Wildman–Crippen MR) is 71.8 cm³/mol. The van der Waals surface area contributed by atoms with Crippen LogP contribution in [0.5, 0.6) is 0 Å². The Bertz CT molecular complexity index is 381. The van der Waals surface area contributed by atoms with E-state index in [1.165, 1.54) is 5.69 Å². The van der Waals surface area contributed by atoms with Gasteiger partial charge in [-0.05, 0) is 31.9 Å². The number of anilines is 1. The smallest absolute Gasteiger partial charge is 0.407 e. The first-order valence-corrected chi connectivity index (χ1v) is 6.53. The molecule has 18 heavy (non-hydrogen) atoms. The van der Waals surface area contributed by atoms with Crippen LogP contribution in [0.3, 0.4) is 0 Å². The molecule has 1 amide bonds. The van der Waals surface area contributed by atoms with Crippen LogP contribution < -0.4 is 10.2 Å². The molecule has 4 heteroatoms. The summed E-state index contributed by atoms with van der Waals surface area (Å²) in [5, 5.41) is 2.92. The number of amides is 1. The van der Waals surface area contributed by atoms with Crippen LogP contribution in [0.2, 0.25) is 0 Å². The molecule has 1 unspecified atom stereocenters. The van der Waals surface area contributed by atoms with Crippen LogP contribution >= 0.6 is 0 Å². The van der Waals surface area contributed by atoms with Crippen molar-refractivity contribution in [3.63, 3.8) is 0 Å². The van der Waals surface area contributed by atoms with E-state index in [9.17, 15) is 4.79 Å². The molecule has 1 atom stereocenters. The van der Waals surface area contributed by atoms with E-state index in [4.69, 9.17) is 4.74 Å². The molecule has 0 radical (unpaired) electrons. The van der Waals surface area contributed by atoms with Gasteiger partial charge in [-0.3, -0.25) is 0 Å². The fourth-order valence-corrected chi connectivity index (χ4v) is 2.31. The van der Waals surface area contributed by atoms with Gasteiger partial charge in [0.2, 0.25) is 0 Å². The number of piperidine rings is 1. The van der Waals surface area contributed by atoms with Gasteiger partial charge in [-0.2, -0.15) is 0 Å². The minimum absolute atomic E-state index is 0.179. The Balaban J connectivity index is 1.91. The first-order chi connectivity index (χ1) is 8.79. The molecule has 0 aromatic heterocycles. The van der Waals surface area contributed by atoms with Crippen LogP contribution in [0, 0.1) is 0 Å². The number of carbonyl (C=O) groups is 1. The maximum Gasteiger partial charge on any atom is 0.407 e. The summed E-state index contributed by atoms with van der Waals surface area (Å²) < 4.78 is 4.92. The fraction of sp³-hybridized carbons (Fsp3) is 0.500. The topological polar surface area (TPSA) is 41.6 Å². The van der Waals surface area contributed by atoms with Gasteiger partial charge in [0.1, 0.15) is 0 Å². The number of nitrogens with zero attached hydrogens (tertiary/aromatic N) is 1. The Morgan fingerprint density at radius 2 is 2.22 bits per heavy atom. The monoisotopic (exact) mass is 248 g/mol. The van der Waals surface area contributed by atoms with Gasteiger partial charge in [0.05, 0.1) is 6.61 Å². The van der Waals surface area contributed by atoms with Crippen molar-refractivity contribution < 1.29 is 9.53 Å². The zero-order chi connectivity index (χ0) is 12.8. The number of nitrogens with one attached hydrogen (secondary N) is 1. The van der Waals surface area contributed by atoms with Crippen LogP contribution in [0.25, 0.3) is 0 Å². The zero-order valence-corrected chi connectivity index (χ0v) is 10.8. The summed E-state index contributed by atoms with van der Waals surface area (Å²) >= 11 is 0. The van der Waals surface area contributed by atoms with Gasteiger partial charge in [0.25, 0.3) is 0 Å². The molecule has 0 spiro atoms. The van der Waals surface area contributed by atoms with Gasteiger partial charge < -0.3 is 15.0 Å². The summed E-state index contributed by atoms with van der Waals surface area (Å²) in [6, 6.07) is 10.5. The van der Waals surface area contributed by atoms with Crippen molar-refractivity contribution in [2.75, 3.05) is 24.6 Å². The number of hydrogen-bond donors (Lipinski definition) is 1. The highest BCUT2D eigenvalue weighted by atomic mass is 16.5. The first kappa shape index (κ1) is 12.7. The lowest BCUT2D eigenvalue weighted by Crippen LogP contribution is -2.48. The molecule has 4 nitrogen and oxygen atoms in total. The fourth-order valence-electron chi connectivity index (χ4n) is 2.31. The minimum atomic E-state index is -0.308. The Morgan fingerprint density at radius 3 is 2.94 bits per heavy atom. The lowest BCUT2D eigenvalue weighted by Gasteiger charge is -2.34. The number of rotatable bonds is 3. The number of ether oxygens (including phenoxy) is 1. The molecular formula is C14H20N2O2. The second kappa shape index (κ2) is 6.28. The highest BCUT2D eigenvalue weighted by Crippen LogP contribution is 2.19. The normalized spacial score (nSPS) is 19.4. The van der Waals surface area contributed by atoms with Gasteiger partial charge >= 0.3 is 6.09 Å². The molecule has 1 aromatic carbocycles. The van der Waals surface area contributed by atoms with E-state index in [2.05, 4.69) is 22.3 Å². The van der Waals surface area contributed by atoms with Crippen LogP contribution in [0.1, 0.15) is 19.8 Å². The third-order valence-corrected chi connectivity index (χ3v) is 3.14. The van der Waals surface area contributed by atoms with Crippen molar-refractivity contribution >= 4 is 11.8 Å². The Morgan fingerprint density at radius 1 is 1.44 bits per heavy atom. The zero-order valence-electron chi connectivity index (χ0n) is 10.8. The molecule has 1 heterocycles. The van der Waals surface area contributed by atoms with E-state index in [1.807, 2.05) is 25.1 Å². The van der Waals surface area contributed by atoms with Crippen LogP contribution in [0.4, 0.5) is 10.5 Å². The summed E-state index contributed by atoms with van der Waals surface area (Å²) in [5.41, 5.74) is 1.22. The van der Waals surface area contributed by atoms with Crippen LogP contribution in [0.15, 0.2) is 30.3 Å². The minimum Gasteiger partial charge on any atom is -0.450 e. The maximum absolute atomic E-state index is 11.4. The summed E-state index contributed by atoms with van der Waals surface area (Å²) in [6.07, 6.45) is 1.80. The van der Waals surface area contributed by atoms with E-state index in [0.29, 0.717) is 6.61 Å².